The highest BCUT2D eigenvalue weighted by atomic mass is 32.2. The smallest absolute Gasteiger partial charge is 0.261 e. The van der Waals surface area contributed by atoms with E-state index in [2.05, 4.69) is 28.8 Å². The minimum Gasteiger partial charge on any atom is -0.373 e. The Morgan fingerprint density at radius 1 is 0.882 bits per heavy atom. The highest BCUT2D eigenvalue weighted by Crippen LogP contribution is 2.25. The van der Waals surface area contributed by atoms with Gasteiger partial charge in [0.1, 0.15) is 0 Å². The molecule has 178 valence electrons. The van der Waals surface area contributed by atoms with Crippen LogP contribution >= 0.6 is 0 Å². The maximum Gasteiger partial charge on any atom is 0.261 e. The molecule has 1 amide bonds. The summed E-state index contributed by atoms with van der Waals surface area (Å²) in [5, 5.41) is 2.82. The van der Waals surface area contributed by atoms with Crippen LogP contribution in [0.5, 0.6) is 0 Å². The first-order valence-electron chi connectivity index (χ1n) is 11.2. The second-order valence-corrected chi connectivity index (χ2v) is 10.2. The maximum absolute atomic E-state index is 12.9. The van der Waals surface area contributed by atoms with E-state index in [0.717, 1.165) is 25.2 Å². The number of rotatable bonds is 7. The largest absolute Gasteiger partial charge is 0.373 e. The Labute approximate surface area is 200 Å². The molecule has 4 rings (SSSR count). The molecule has 1 heterocycles. The standard InChI is InChI=1S/C26H29N3O4S/c1-19-16-29(17-20(2)33-19)18-21-12-14-22(15-13-21)26(30)27-24-10-6-7-11-25(24)28-34(31,32)23-8-4-3-5-9-23/h3-15,19-20,28H,16-18H2,1-2H3,(H,27,30). The third-order valence-electron chi connectivity index (χ3n) is 5.59. The molecule has 1 fully saturated rings. The van der Waals surface area contributed by atoms with E-state index >= 15 is 0 Å². The summed E-state index contributed by atoms with van der Waals surface area (Å²) in [6.45, 7) is 6.70. The molecule has 0 spiro atoms. The molecule has 0 radical (unpaired) electrons. The molecule has 2 atom stereocenters. The fourth-order valence-corrected chi connectivity index (χ4v) is 5.21. The number of nitrogens with one attached hydrogen (secondary N) is 2. The molecule has 0 aliphatic carbocycles. The lowest BCUT2D eigenvalue weighted by Gasteiger charge is -2.35. The van der Waals surface area contributed by atoms with Crippen molar-refractivity contribution in [3.05, 3.63) is 90.0 Å². The summed E-state index contributed by atoms with van der Waals surface area (Å²) in [6.07, 6.45) is 0.404. The number of nitrogens with zero attached hydrogens (tertiary/aromatic N) is 1. The summed E-state index contributed by atoms with van der Waals surface area (Å²) in [5.41, 5.74) is 2.29. The van der Waals surface area contributed by atoms with Crippen LogP contribution in [-0.2, 0) is 21.3 Å². The number of carbonyl (C=O) groups excluding carboxylic acids is 1. The lowest BCUT2D eigenvalue weighted by atomic mass is 10.1. The fraction of sp³-hybridized carbons (Fsp3) is 0.269. The first-order chi connectivity index (χ1) is 16.3. The Morgan fingerprint density at radius 3 is 2.12 bits per heavy atom. The predicted octanol–water partition coefficient (Wildman–Crippen LogP) is 4.35. The Bertz CT molecular complexity index is 1220. The van der Waals surface area contributed by atoms with E-state index in [-0.39, 0.29) is 23.0 Å². The molecule has 0 aromatic heterocycles. The zero-order valence-corrected chi connectivity index (χ0v) is 20.1. The van der Waals surface area contributed by atoms with Crippen LogP contribution < -0.4 is 10.0 Å². The van der Waals surface area contributed by atoms with Gasteiger partial charge in [0.15, 0.2) is 0 Å². The zero-order valence-electron chi connectivity index (χ0n) is 19.3. The highest BCUT2D eigenvalue weighted by molar-refractivity contribution is 7.92. The first kappa shape index (κ1) is 23.9. The molecule has 7 nitrogen and oxygen atoms in total. The van der Waals surface area contributed by atoms with Crippen LogP contribution in [0.3, 0.4) is 0 Å². The summed E-state index contributed by atoms with van der Waals surface area (Å²) < 4.78 is 33.8. The summed E-state index contributed by atoms with van der Waals surface area (Å²) in [5.74, 6) is -0.313. The van der Waals surface area contributed by atoms with Gasteiger partial charge in [0.2, 0.25) is 0 Å². The van der Waals surface area contributed by atoms with Crippen molar-refractivity contribution in [1.82, 2.24) is 4.90 Å². The van der Waals surface area contributed by atoms with Gasteiger partial charge in [-0.2, -0.15) is 0 Å². The van der Waals surface area contributed by atoms with Crippen molar-refractivity contribution in [2.75, 3.05) is 23.1 Å². The normalized spacial score (nSPS) is 18.9. The monoisotopic (exact) mass is 479 g/mol. The van der Waals surface area contributed by atoms with Crippen LogP contribution in [0.15, 0.2) is 83.8 Å². The zero-order chi connectivity index (χ0) is 24.1. The number of benzene rings is 3. The number of carbonyl (C=O) groups is 1. The average Bonchev–Trinajstić information content (AvgIpc) is 2.80. The molecule has 2 unspecified atom stereocenters. The van der Waals surface area contributed by atoms with Gasteiger partial charge in [-0.05, 0) is 55.8 Å². The number of hydrogen-bond acceptors (Lipinski definition) is 5. The predicted molar refractivity (Wildman–Crippen MR) is 133 cm³/mol. The number of para-hydroxylation sites is 2. The molecule has 2 N–H and O–H groups in total. The summed E-state index contributed by atoms with van der Waals surface area (Å²) >= 11 is 0. The molecular weight excluding hydrogens is 450 g/mol. The highest BCUT2D eigenvalue weighted by Gasteiger charge is 2.22. The molecule has 1 saturated heterocycles. The van der Waals surface area contributed by atoms with Crippen LogP contribution in [0.4, 0.5) is 11.4 Å². The van der Waals surface area contributed by atoms with E-state index in [4.69, 9.17) is 4.74 Å². The number of anilines is 2. The third kappa shape index (κ3) is 6.02. The number of hydrogen-bond donors (Lipinski definition) is 2. The third-order valence-corrected chi connectivity index (χ3v) is 6.97. The van der Waals surface area contributed by atoms with E-state index < -0.39 is 10.0 Å². The van der Waals surface area contributed by atoms with E-state index in [1.807, 2.05) is 12.1 Å². The van der Waals surface area contributed by atoms with Gasteiger partial charge in [0, 0.05) is 25.2 Å². The lowest BCUT2D eigenvalue weighted by Crippen LogP contribution is -2.44. The summed E-state index contributed by atoms with van der Waals surface area (Å²) in [6, 6.07) is 22.3. The number of amides is 1. The molecule has 3 aromatic carbocycles. The van der Waals surface area contributed by atoms with Crippen LogP contribution in [0.1, 0.15) is 29.8 Å². The summed E-state index contributed by atoms with van der Waals surface area (Å²) in [7, 11) is -3.78. The van der Waals surface area contributed by atoms with Crippen molar-refractivity contribution in [3.63, 3.8) is 0 Å². The van der Waals surface area contributed by atoms with E-state index in [1.165, 1.54) is 12.1 Å². The maximum atomic E-state index is 12.9. The van der Waals surface area contributed by atoms with Crippen LogP contribution in [0, 0.1) is 0 Å². The van der Waals surface area contributed by atoms with E-state index in [0.29, 0.717) is 16.9 Å². The van der Waals surface area contributed by atoms with Gasteiger partial charge >= 0.3 is 0 Å². The second-order valence-electron chi connectivity index (χ2n) is 8.57. The molecule has 0 saturated carbocycles. The van der Waals surface area contributed by atoms with Crippen molar-refractivity contribution in [2.45, 2.75) is 37.5 Å². The van der Waals surface area contributed by atoms with Crippen molar-refractivity contribution >= 4 is 27.3 Å². The van der Waals surface area contributed by atoms with Gasteiger partial charge in [-0.25, -0.2) is 8.42 Å². The average molecular weight is 480 g/mol. The molecule has 0 bridgehead atoms. The SMILES string of the molecule is CC1CN(Cc2ccc(C(=O)Nc3ccccc3NS(=O)(=O)c3ccccc3)cc2)CC(C)O1. The fourth-order valence-electron chi connectivity index (χ4n) is 4.11. The van der Waals surface area contributed by atoms with Gasteiger partial charge < -0.3 is 10.1 Å². The number of ether oxygens (including phenoxy) is 1. The summed E-state index contributed by atoms with van der Waals surface area (Å²) in [4.78, 5) is 15.4. The first-order valence-corrected chi connectivity index (χ1v) is 12.7. The molecule has 34 heavy (non-hydrogen) atoms. The van der Waals surface area contributed by atoms with Crippen molar-refractivity contribution in [3.8, 4) is 0 Å². The Kier molecular flexibility index (Phi) is 7.31. The van der Waals surface area contributed by atoms with Crippen LogP contribution in [0.2, 0.25) is 0 Å². The van der Waals surface area contributed by atoms with Gasteiger partial charge in [-0.15, -0.1) is 0 Å². The lowest BCUT2D eigenvalue weighted by molar-refractivity contribution is -0.0704. The Morgan fingerprint density at radius 2 is 1.47 bits per heavy atom. The topological polar surface area (TPSA) is 87.7 Å². The Balaban J connectivity index is 1.43. The second kappa shape index (κ2) is 10.4. The van der Waals surface area contributed by atoms with Gasteiger partial charge in [-0.3, -0.25) is 14.4 Å². The Hall–Kier alpha value is -3.20. The van der Waals surface area contributed by atoms with Crippen molar-refractivity contribution < 1.29 is 17.9 Å². The number of sulfonamides is 1. The molecule has 8 heteroatoms. The minimum absolute atomic E-state index is 0.149. The molecule has 3 aromatic rings. The molecule has 1 aliphatic heterocycles. The van der Waals surface area contributed by atoms with E-state index in [9.17, 15) is 13.2 Å². The van der Waals surface area contributed by atoms with Crippen LogP contribution in [-0.4, -0.2) is 44.5 Å². The van der Waals surface area contributed by atoms with Crippen molar-refractivity contribution in [1.29, 1.82) is 0 Å². The van der Waals surface area contributed by atoms with Crippen LogP contribution in [0.25, 0.3) is 0 Å². The molecular formula is C26H29N3O4S. The van der Waals surface area contributed by atoms with Gasteiger partial charge in [0.25, 0.3) is 15.9 Å². The number of morpholine rings is 1. The van der Waals surface area contributed by atoms with E-state index in [1.54, 1.807) is 54.6 Å². The molecule has 1 aliphatic rings. The minimum atomic E-state index is -3.78. The van der Waals surface area contributed by atoms with Gasteiger partial charge in [-0.1, -0.05) is 42.5 Å². The quantitative estimate of drug-likeness (QED) is 0.526. The van der Waals surface area contributed by atoms with Crippen molar-refractivity contribution in [2.24, 2.45) is 0 Å². The van der Waals surface area contributed by atoms with Gasteiger partial charge in [0.05, 0.1) is 28.5 Å².